The van der Waals surface area contributed by atoms with Crippen LogP contribution >= 0.6 is 0 Å². The van der Waals surface area contributed by atoms with Crippen molar-refractivity contribution in [3.63, 3.8) is 0 Å². The van der Waals surface area contributed by atoms with E-state index in [1.54, 1.807) is 12.1 Å². The van der Waals surface area contributed by atoms with Gasteiger partial charge in [0.2, 0.25) is 0 Å². The lowest BCUT2D eigenvalue weighted by molar-refractivity contribution is 0.104. The summed E-state index contributed by atoms with van der Waals surface area (Å²) >= 11 is 0. The molecule has 59 heavy (non-hydrogen) atoms. The zero-order chi connectivity index (χ0) is 42.9. The molecule has 0 saturated heterocycles. The van der Waals surface area contributed by atoms with Crippen LogP contribution in [0, 0.1) is 13.8 Å². The third kappa shape index (κ3) is 10.4. The second-order valence-corrected chi connectivity index (χ2v) is 20.2. The first kappa shape index (κ1) is 44.5. The third-order valence-electron chi connectivity index (χ3n) is 11.1. The van der Waals surface area contributed by atoms with Crippen LogP contribution in [0.15, 0.2) is 48.5 Å². The van der Waals surface area contributed by atoms with Gasteiger partial charge in [0.1, 0.15) is 45.7 Å². The number of benzene rings is 4. The molecule has 0 bridgehead atoms. The van der Waals surface area contributed by atoms with Crippen molar-refractivity contribution >= 4 is 20.2 Å². The number of hydrogen-bond donors (Lipinski definition) is 2. The number of rotatable bonds is 18. The molecule has 2 heterocycles. The van der Waals surface area contributed by atoms with Crippen molar-refractivity contribution in [2.45, 2.75) is 136 Å². The normalized spacial score (nSPS) is 14.9. The van der Waals surface area contributed by atoms with Crippen LogP contribution in [-0.2, 0) is 55.8 Å². The molecule has 6 rings (SSSR count). The van der Waals surface area contributed by atoms with Crippen LogP contribution in [0.25, 0.3) is 22.3 Å². The monoisotopic (exact) mass is 848 g/mol. The molecule has 0 fully saturated rings. The molecule has 4 aromatic carbocycles. The first-order chi connectivity index (χ1) is 27.7. The Kier molecular flexibility index (Phi) is 13.2. The van der Waals surface area contributed by atoms with Gasteiger partial charge in [-0.15, -0.1) is 0 Å². The predicted octanol–water partition coefficient (Wildman–Crippen LogP) is 11.0. The summed E-state index contributed by atoms with van der Waals surface area (Å²) in [7, 11) is -8.64. The highest BCUT2D eigenvalue weighted by Crippen LogP contribution is 2.53. The van der Waals surface area contributed by atoms with Crippen molar-refractivity contribution in [3.05, 3.63) is 93.0 Å². The summed E-state index contributed by atoms with van der Waals surface area (Å²) in [5, 5.41) is 0. The molecular formula is C47H60O10S2. The van der Waals surface area contributed by atoms with Gasteiger partial charge < -0.3 is 18.9 Å². The molecule has 10 nitrogen and oxygen atoms in total. The van der Waals surface area contributed by atoms with E-state index in [1.807, 2.05) is 53.7 Å². The highest BCUT2D eigenvalue weighted by molar-refractivity contribution is 7.85. The Labute approximate surface area is 351 Å². The number of unbranched alkanes of at least 4 members (excludes halogenated alkanes) is 4. The molecule has 2 N–H and O–H groups in total. The molecule has 320 valence electrons. The van der Waals surface area contributed by atoms with Gasteiger partial charge in [0, 0.05) is 17.5 Å². The van der Waals surface area contributed by atoms with Gasteiger partial charge in [-0.2, -0.15) is 16.8 Å². The minimum Gasteiger partial charge on any atom is -0.493 e. The molecule has 0 spiro atoms. The smallest absolute Gasteiger partial charge is 0.269 e. The SMILES string of the molecule is CCCCCc1cc(OCCCOc2cc(CCCCC)cc3c2-c2cc(C)cc(CS(=O)(=O)O)c2C(C)(C)O3)c2c(c1)OC(C)(C)c1c(CS(=O)(=O)O)cc(C)cc1-2. The molecule has 0 radical (unpaired) electrons. The number of aryl methyl sites for hydroxylation is 4. The van der Waals surface area contributed by atoms with E-state index < -0.39 is 42.9 Å². The van der Waals surface area contributed by atoms with E-state index in [4.69, 9.17) is 18.9 Å². The Bertz CT molecular complexity index is 2260. The van der Waals surface area contributed by atoms with Crippen LogP contribution < -0.4 is 18.9 Å². The zero-order valence-electron chi connectivity index (χ0n) is 35.8. The summed E-state index contributed by atoms with van der Waals surface area (Å²) in [4.78, 5) is 0. The number of fused-ring (bicyclic) bond motifs is 6. The Hall–Kier alpha value is -4.10. The molecule has 0 unspecified atom stereocenters. The molecule has 0 atom stereocenters. The van der Waals surface area contributed by atoms with Crippen molar-refractivity contribution in [2.75, 3.05) is 13.2 Å². The molecule has 0 amide bonds. The fraction of sp³-hybridized carbons (Fsp3) is 0.489. The van der Waals surface area contributed by atoms with E-state index in [0.29, 0.717) is 64.9 Å². The summed E-state index contributed by atoms with van der Waals surface area (Å²) < 4.78 is 95.0. The maximum Gasteiger partial charge on any atom is 0.269 e. The van der Waals surface area contributed by atoms with Crippen LogP contribution in [-0.4, -0.2) is 39.2 Å². The minimum atomic E-state index is -4.32. The summed E-state index contributed by atoms with van der Waals surface area (Å²) in [5.41, 5.74) is 7.63. The summed E-state index contributed by atoms with van der Waals surface area (Å²) in [6, 6.07) is 15.9. The topological polar surface area (TPSA) is 146 Å². The van der Waals surface area contributed by atoms with Crippen molar-refractivity contribution in [1.29, 1.82) is 0 Å². The van der Waals surface area contributed by atoms with Gasteiger partial charge in [-0.25, -0.2) is 0 Å². The molecule has 2 aliphatic heterocycles. The first-order valence-electron chi connectivity index (χ1n) is 20.9. The van der Waals surface area contributed by atoms with Crippen LogP contribution in [0.2, 0.25) is 0 Å². The first-order valence-corrected chi connectivity index (χ1v) is 24.1. The highest BCUT2D eigenvalue weighted by atomic mass is 32.2. The molecule has 4 aromatic rings. The lowest BCUT2D eigenvalue weighted by Gasteiger charge is -2.38. The van der Waals surface area contributed by atoms with Gasteiger partial charge in [-0.05, 0) is 125 Å². The highest BCUT2D eigenvalue weighted by Gasteiger charge is 2.39. The van der Waals surface area contributed by atoms with E-state index in [9.17, 15) is 25.9 Å². The number of hydrogen-bond acceptors (Lipinski definition) is 8. The quantitative estimate of drug-likeness (QED) is 0.0733. The Morgan fingerprint density at radius 2 is 0.949 bits per heavy atom. The lowest BCUT2D eigenvalue weighted by atomic mass is 9.81. The van der Waals surface area contributed by atoms with Crippen molar-refractivity contribution in [3.8, 4) is 45.3 Å². The fourth-order valence-corrected chi connectivity index (χ4v) is 10.1. The van der Waals surface area contributed by atoms with E-state index in [0.717, 1.165) is 95.9 Å². The molecule has 0 aliphatic carbocycles. The van der Waals surface area contributed by atoms with Gasteiger partial charge in [-0.3, -0.25) is 9.11 Å². The second-order valence-electron chi connectivity index (χ2n) is 17.3. The van der Waals surface area contributed by atoms with E-state index in [-0.39, 0.29) is 0 Å². The van der Waals surface area contributed by atoms with Gasteiger partial charge >= 0.3 is 0 Å². The van der Waals surface area contributed by atoms with Crippen LogP contribution in [0.3, 0.4) is 0 Å². The van der Waals surface area contributed by atoms with Crippen LogP contribution in [0.1, 0.15) is 131 Å². The molecule has 12 heteroatoms. The van der Waals surface area contributed by atoms with Gasteiger partial charge in [0.15, 0.2) is 0 Å². The molecule has 0 saturated carbocycles. The Balaban J connectivity index is 1.33. The largest absolute Gasteiger partial charge is 0.493 e. The van der Waals surface area contributed by atoms with E-state index >= 15 is 0 Å². The van der Waals surface area contributed by atoms with Crippen LogP contribution in [0.5, 0.6) is 23.0 Å². The average Bonchev–Trinajstić information content (AvgIpc) is 3.08. The lowest BCUT2D eigenvalue weighted by Crippen LogP contribution is -2.31. The molecule has 0 aromatic heterocycles. The van der Waals surface area contributed by atoms with Crippen molar-refractivity contribution < 1.29 is 44.9 Å². The van der Waals surface area contributed by atoms with Crippen LogP contribution in [0.4, 0.5) is 0 Å². The second kappa shape index (κ2) is 17.5. The molecular weight excluding hydrogens is 789 g/mol. The van der Waals surface area contributed by atoms with E-state index in [1.165, 1.54) is 0 Å². The summed E-state index contributed by atoms with van der Waals surface area (Å²) in [6.45, 7) is 16.4. The standard InChI is InChI=1S/C47H60O10S2/c1-9-11-13-16-32-24-38(42-36-22-30(3)20-34(28-58(48,49)50)44(36)46(5,6)56-40(42)26-32)54-18-15-19-55-39-25-33(17-14-12-10-2)27-41-43(39)37-23-31(4)21-35(29-59(51,52)53)45(37)47(7,8)57-41/h20-27H,9-19,28-29H2,1-8H3,(H,48,49,50)(H,51,52,53). The van der Waals surface area contributed by atoms with Gasteiger partial charge in [0.25, 0.3) is 20.2 Å². The Morgan fingerprint density at radius 1 is 0.559 bits per heavy atom. The summed E-state index contributed by atoms with van der Waals surface area (Å²) in [5.74, 6) is 1.55. The maximum atomic E-state index is 12.2. The minimum absolute atomic E-state index is 0.309. The summed E-state index contributed by atoms with van der Waals surface area (Å²) in [6.07, 6.45) is 8.62. The average molecular weight is 849 g/mol. The van der Waals surface area contributed by atoms with E-state index in [2.05, 4.69) is 38.1 Å². The predicted molar refractivity (Wildman–Crippen MR) is 233 cm³/mol. The number of ether oxygens (including phenoxy) is 4. The molecule has 2 aliphatic rings. The van der Waals surface area contributed by atoms with Gasteiger partial charge in [0.05, 0.1) is 24.3 Å². The van der Waals surface area contributed by atoms with Crippen molar-refractivity contribution in [1.82, 2.24) is 0 Å². The maximum absolute atomic E-state index is 12.2. The zero-order valence-corrected chi connectivity index (χ0v) is 37.4. The van der Waals surface area contributed by atoms with Crippen molar-refractivity contribution in [2.24, 2.45) is 0 Å². The van der Waals surface area contributed by atoms with Gasteiger partial charge in [-0.1, -0.05) is 74.9 Å². The fourth-order valence-electron chi connectivity index (χ4n) is 8.89. The third-order valence-corrected chi connectivity index (χ3v) is 12.4. The Morgan fingerprint density at radius 3 is 1.31 bits per heavy atom.